The van der Waals surface area contributed by atoms with E-state index in [1.165, 1.54) is 12.3 Å². The number of carbonyl (C=O) groups is 1. The number of hydrogen-bond acceptors (Lipinski definition) is 5. The molecular formula is C14H20N4O3. The number of likely N-dealkylation sites (tertiary alicyclic amines) is 1. The minimum absolute atomic E-state index is 0.144. The number of nitrogens with one attached hydrogen (secondary N) is 1. The van der Waals surface area contributed by atoms with Crippen molar-refractivity contribution in [3.63, 3.8) is 0 Å². The Hall–Kier alpha value is -2.02. The molecule has 0 saturated carbocycles. The van der Waals surface area contributed by atoms with E-state index in [0.29, 0.717) is 30.3 Å². The van der Waals surface area contributed by atoms with Crippen LogP contribution in [0.15, 0.2) is 12.3 Å². The van der Waals surface area contributed by atoms with E-state index in [1.54, 1.807) is 11.8 Å². The molecule has 1 aromatic rings. The lowest BCUT2D eigenvalue weighted by atomic mass is 9.96. The fourth-order valence-electron chi connectivity index (χ4n) is 2.64. The number of nitrogens with zero attached hydrogens (tertiary/aromatic N) is 3. The van der Waals surface area contributed by atoms with Gasteiger partial charge in [-0.3, -0.25) is 19.9 Å². The predicted molar refractivity (Wildman–Crippen MR) is 78.2 cm³/mol. The van der Waals surface area contributed by atoms with Crippen molar-refractivity contribution in [2.24, 2.45) is 5.92 Å². The molecule has 1 fully saturated rings. The first kappa shape index (κ1) is 15.4. The summed E-state index contributed by atoms with van der Waals surface area (Å²) in [5.74, 6) is 0.426. The van der Waals surface area contributed by atoms with Crippen molar-refractivity contribution in [2.75, 3.05) is 26.7 Å². The van der Waals surface area contributed by atoms with Crippen LogP contribution in [0.4, 0.5) is 5.69 Å². The monoisotopic (exact) mass is 292 g/mol. The Morgan fingerprint density at radius 3 is 2.76 bits per heavy atom. The summed E-state index contributed by atoms with van der Waals surface area (Å²) in [6, 6.07) is 1.32. The second-order valence-electron chi connectivity index (χ2n) is 5.38. The smallest absolute Gasteiger partial charge is 0.288 e. The summed E-state index contributed by atoms with van der Waals surface area (Å²) < 4.78 is 0. The van der Waals surface area contributed by atoms with Gasteiger partial charge in [-0.25, -0.2) is 0 Å². The Kier molecular flexibility index (Phi) is 4.85. The van der Waals surface area contributed by atoms with E-state index in [0.717, 1.165) is 19.4 Å². The third-order valence-corrected chi connectivity index (χ3v) is 3.91. The number of amides is 1. The topological polar surface area (TPSA) is 88.4 Å². The van der Waals surface area contributed by atoms with Crippen LogP contribution in [0.1, 0.15) is 28.9 Å². The lowest BCUT2D eigenvalue weighted by molar-refractivity contribution is -0.385. The van der Waals surface area contributed by atoms with Gasteiger partial charge in [-0.15, -0.1) is 0 Å². The molecule has 1 aliphatic rings. The molecule has 1 saturated heterocycles. The molecule has 0 bridgehead atoms. The van der Waals surface area contributed by atoms with Gasteiger partial charge in [0.2, 0.25) is 0 Å². The molecule has 2 rings (SSSR count). The molecule has 0 aromatic carbocycles. The maximum Gasteiger partial charge on any atom is 0.288 e. The molecule has 7 nitrogen and oxygen atoms in total. The minimum Gasteiger partial charge on any atom is -0.339 e. The quantitative estimate of drug-likeness (QED) is 0.669. The number of aryl methyl sites for hydroxylation is 1. The molecule has 0 spiro atoms. The average Bonchev–Trinajstić information content (AvgIpc) is 2.48. The van der Waals surface area contributed by atoms with Gasteiger partial charge >= 0.3 is 0 Å². The Balaban J connectivity index is 2.10. The number of hydrogen-bond donors (Lipinski definition) is 1. The standard InChI is InChI=1S/C14H20N4O3/c1-10-13(7-12(9-16-10)18(20)21)14(19)17-5-3-11(4-6-17)8-15-2/h7,9,11,15H,3-6,8H2,1-2H3. The van der Waals surface area contributed by atoms with E-state index >= 15 is 0 Å². The molecule has 1 amide bonds. The molecule has 0 radical (unpaired) electrons. The number of pyridine rings is 1. The third kappa shape index (κ3) is 3.55. The summed E-state index contributed by atoms with van der Waals surface area (Å²) in [6.07, 6.45) is 3.09. The Morgan fingerprint density at radius 2 is 2.19 bits per heavy atom. The number of piperidine rings is 1. The van der Waals surface area contributed by atoms with Crippen LogP contribution in [-0.2, 0) is 0 Å². The molecule has 2 heterocycles. The maximum absolute atomic E-state index is 12.5. The van der Waals surface area contributed by atoms with E-state index in [-0.39, 0.29) is 11.6 Å². The van der Waals surface area contributed by atoms with Gasteiger partial charge in [0, 0.05) is 19.2 Å². The Labute approximate surface area is 123 Å². The van der Waals surface area contributed by atoms with Gasteiger partial charge in [-0.1, -0.05) is 0 Å². The normalized spacial score (nSPS) is 16.0. The van der Waals surface area contributed by atoms with Crippen LogP contribution in [0, 0.1) is 23.0 Å². The van der Waals surface area contributed by atoms with Gasteiger partial charge in [-0.05, 0) is 39.3 Å². The first-order valence-corrected chi connectivity index (χ1v) is 7.08. The van der Waals surface area contributed by atoms with Crippen molar-refractivity contribution in [1.29, 1.82) is 0 Å². The summed E-state index contributed by atoms with van der Waals surface area (Å²) in [4.78, 5) is 28.5. The molecule has 7 heteroatoms. The van der Waals surface area contributed by atoms with E-state index in [2.05, 4.69) is 10.3 Å². The zero-order valence-corrected chi connectivity index (χ0v) is 12.3. The zero-order valence-electron chi connectivity index (χ0n) is 12.3. The Morgan fingerprint density at radius 1 is 1.52 bits per heavy atom. The summed E-state index contributed by atoms with van der Waals surface area (Å²) >= 11 is 0. The van der Waals surface area contributed by atoms with Gasteiger partial charge in [0.15, 0.2) is 0 Å². The molecule has 1 aliphatic heterocycles. The number of nitro groups is 1. The molecule has 0 unspecified atom stereocenters. The fraction of sp³-hybridized carbons (Fsp3) is 0.571. The first-order chi connectivity index (χ1) is 10.0. The van der Waals surface area contributed by atoms with E-state index in [9.17, 15) is 14.9 Å². The average molecular weight is 292 g/mol. The van der Waals surface area contributed by atoms with Crippen molar-refractivity contribution in [3.05, 3.63) is 33.6 Å². The molecule has 114 valence electrons. The van der Waals surface area contributed by atoms with Crippen LogP contribution in [-0.4, -0.2) is 47.4 Å². The number of aromatic nitrogens is 1. The van der Waals surface area contributed by atoms with Crippen molar-refractivity contribution in [2.45, 2.75) is 19.8 Å². The van der Waals surface area contributed by atoms with Crippen molar-refractivity contribution in [1.82, 2.24) is 15.2 Å². The van der Waals surface area contributed by atoms with Crippen LogP contribution in [0.25, 0.3) is 0 Å². The molecule has 21 heavy (non-hydrogen) atoms. The highest BCUT2D eigenvalue weighted by atomic mass is 16.6. The lowest BCUT2D eigenvalue weighted by Crippen LogP contribution is -2.40. The van der Waals surface area contributed by atoms with Crippen LogP contribution in [0.2, 0.25) is 0 Å². The zero-order chi connectivity index (χ0) is 15.4. The van der Waals surface area contributed by atoms with Gasteiger partial charge in [-0.2, -0.15) is 0 Å². The highest BCUT2D eigenvalue weighted by Crippen LogP contribution is 2.21. The van der Waals surface area contributed by atoms with E-state index in [1.807, 2.05) is 7.05 Å². The number of carbonyl (C=O) groups excluding carboxylic acids is 1. The fourth-order valence-corrected chi connectivity index (χ4v) is 2.64. The SMILES string of the molecule is CNCC1CCN(C(=O)c2cc([N+](=O)[O-])cnc2C)CC1. The van der Waals surface area contributed by atoms with Gasteiger partial charge in [0.1, 0.15) is 6.20 Å². The summed E-state index contributed by atoms with van der Waals surface area (Å²) in [5.41, 5.74) is 0.716. The van der Waals surface area contributed by atoms with Crippen molar-refractivity contribution < 1.29 is 9.72 Å². The highest BCUT2D eigenvalue weighted by Gasteiger charge is 2.25. The molecular weight excluding hydrogens is 272 g/mol. The van der Waals surface area contributed by atoms with Crippen LogP contribution >= 0.6 is 0 Å². The summed E-state index contributed by atoms with van der Waals surface area (Å²) in [7, 11) is 1.93. The number of rotatable bonds is 4. The molecule has 0 aliphatic carbocycles. The molecule has 1 aromatic heterocycles. The van der Waals surface area contributed by atoms with Crippen LogP contribution < -0.4 is 5.32 Å². The minimum atomic E-state index is -0.525. The predicted octanol–water partition coefficient (Wildman–Crippen LogP) is 1.37. The molecule has 0 atom stereocenters. The van der Waals surface area contributed by atoms with E-state index < -0.39 is 4.92 Å². The van der Waals surface area contributed by atoms with Crippen molar-refractivity contribution >= 4 is 11.6 Å². The van der Waals surface area contributed by atoms with Gasteiger partial charge < -0.3 is 10.2 Å². The molecule has 1 N–H and O–H groups in total. The Bertz CT molecular complexity index is 539. The highest BCUT2D eigenvalue weighted by molar-refractivity contribution is 5.95. The van der Waals surface area contributed by atoms with Crippen LogP contribution in [0.5, 0.6) is 0 Å². The second kappa shape index (κ2) is 6.62. The largest absolute Gasteiger partial charge is 0.339 e. The summed E-state index contributed by atoms with van der Waals surface area (Å²) in [6.45, 7) is 4.03. The summed E-state index contributed by atoms with van der Waals surface area (Å²) in [5, 5.41) is 14.0. The van der Waals surface area contributed by atoms with Gasteiger partial charge in [0.25, 0.3) is 11.6 Å². The van der Waals surface area contributed by atoms with Crippen LogP contribution in [0.3, 0.4) is 0 Å². The first-order valence-electron chi connectivity index (χ1n) is 7.08. The second-order valence-corrected chi connectivity index (χ2v) is 5.38. The maximum atomic E-state index is 12.5. The van der Waals surface area contributed by atoms with Gasteiger partial charge in [0.05, 0.1) is 16.2 Å². The lowest BCUT2D eigenvalue weighted by Gasteiger charge is -2.32. The van der Waals surface area contributed by atoms with E-state index in [4.69, 9.17) is 0 Å². The van der Waals surface area contributed by atoms with Crippen molar-refractivity contribution in [3.8, 4) is 0 Å². The third-order valence-electron chi connectivity index (χ3n) is 3.91.